The van der Waals surface area contributed by atoms with E-state index in [1.54, 1.807) is 7.11 Å². The Morgan fingerprint density at radius 3 is 2.69 bits per heavy atom. The Morgan fingerprint density at radius 2 is 1.86 bits per heavy atom. The minimum absolute atomic E-state index is 0.800. The van der Waals surface area contributed by atoms with Crippen LogP contribution in [0.15, 0.2) is 89.2 Å². The highest BCUT2D eigenvalue weighted by molar-refractivity contribution is 5.85. The zero-order valence-electron chi connectivity index (χ0n) is 16.1. The Hall–Kier alpha value is -3.79. The first kappa shape index (κ1) is 17.3. The average molecular weight is 379 g/mol. The molecule has 2 aromatic carbocycles. The summed E-state index contributed by atoms with van der Waals surface area (Å²) in [4.78, 5) is 11.2. The molecular weight excluding hydrogens is 358 g/mol. The van der Waals surface area contributed by atoms with Gasteiger partial charge in [-0.3, -0.25) is 4.99 Å². The first-order chi connectivity index (χ1) is 14.3. The highest BCUT2D eigenvalue weighted by Crippen LogP contribution is 2.31. The smallest absolute Gasteiger partial charge is 0.144 e. The summed E-state index contributed by atoms with van der Waals surface area (Å²) in [6.45, 7) is 0. The van der Waals surface area contributed by atoms with Crippen molar-refractivity contribution in [3.05, 3.63) is 95.5 Å². The predicted octanol–water partition coefficient (Wildman–Crippen LogP) is 5.77. The van der Waals surface area contributed by atoms with Crippen LogP contribution in [0.3, 0.4) is 0 Å². The van der Waals surface area contributed by atoms with Crippen LogP contribution in [0.25, 0.3) is 28.2 Å². The minimum atomic E-state index is 0.800. The fraction of sp³-hybridized carbons (Fsp3) is 0.0800. The Morgan fingerprint density at radius 1 is 0.966 bits per heavy atom. The molecule has 142 valence electrons. The summed E-state index contributed by atoms with van der Waals surface area (Å²) >= 11 is 0. The number of fused-ring (bicyclic) bond motifs is 1. The molecule has 2 aromatic heterocycles. The number of aromatic amines is 2. The number of hydrogen-bond donors (Lipinski definition) is 2. The van der Waals surface area contributed by atoms with Gasteiger partial charge in [0.25, 0.3) is 0 Å². The molecule has 29 heavy (non-hydrogen) atoms. The number of ether oxygens (including phenoxy) is 1. The van der Waals surface area contributed by atoms with Crippen molar-refractivity contribution in [3.63, 3.8) is 0 Å². The van der Waals surface area contributed by atoms with Crippen molar-refractivity contribution >= 4 is 23.1 Å². The Balaban J connectivity index is 1.44. The van der Waals surface area contributed by atoms with Crippen LogP contribution in [0.1, 0.15) is 11.3 Å². The molecule has 0 spiro atoms. The van der Waals surface area contributed by atoms with Crippen LogP contribution >= 0.6 is 0 Å². The summed E-state index contributed by atoms with van der Waals surface area (Å²) in [6, 6.07) is 21.1. The molecule has 5 rings (SSSR count). The molecule has 0 saturated carbocycles. The number of H-pyrrole nitrogens is 2. The van der Waals surface area contributed by atoms with Crippen molar-refractivity contribution in [2.45, 2.75) is 6.42 Å². The number of aliphatic imine (C=N–C) groups is 1. The van der Waals surface area contributed by atoms with Gasteiger partial charge in [0.15, 0.2) is 0 Å². The molecule has 4 heteroatoms. The summed E-state index contributed by atoms with van der Waals surface area (Å²) < 4.78 is 5.58. The third-order valence-corrected chi connectivity index (χ3v) is 5.23. The minimum Gasteiger partial charge on any atom is -0.494 e. The number of rotatable bonds is 5. The summed E-state index contributed by atoms with van der Waals surface area (Å²) in [5.74, 6) is 0.800. The quantitative estimate of drug-likeness (QED) is 0.455. The van der Waals surface area contributed by atoms with Gasteiger partial charge >= 0.3 is 0 Å². The molecule has 3 heterocycles. The second kappa shape index (κ2) is 7.32. The van der Waals surface area contributed by atoms with Crippen molar-refractivity contribution in [1.29, 1.82) is 0 Å². The van der Waals surface area contributed by atoms with Crippen molar-refractivity contribution in [3.8, 4) is 17.1 Å². The third kappa shape index (κ3) is 3.41. The van der Waals surface area contributed by atoms with Gasteiger partial charge in [-0.1, -0.05) is 42.5 Å². The lowest BCUT2D eigenvalue weighted by molar-refractivity contribution is 0.414. The fourth-order valence-corrected chi connectivity index (χ4v) is 3.73. The van der Waals surface area contributed by atoms with Crippen LogP contribution in [-0.4, -0.2) is 23.3 Å². The Kier molecular flexibility index (Phi) is 4.37. The van der Waals surface area contributed by atoms with Crippen LogP contribution in [0.4, 0.5) is 0 Å². The molecule has 0 aliphatic carbocycles. The molecule has 0 fully saturated rings. The topological polar surface area (TPSA) is 53.2 Å². The van der Waals surface area contributed by atoms with E-state index in [-0.39, 0.29) is 0 Å². The van der Waals surface area contributed by atoms with Gasteiger partial charge in [0.05, 0.1) is 29.9 Å². The molecule has 0 bridgehead atoms. The maximum absolute atomic E-state index is 5.58. The molecule has 4 aromatic rings. The van der Waals surface area contributed by atoms with Crippen LogP contribution in [0, 0.1) is 0 Å². The Bertz CT molecular complexity index is 1260. The van der Waals surface area contributed by atoms with Crippen molar-refractivity contribution < 1.29 is 4.74 Å². The van der Waals surface area contributed by atoms with Gasteiger partial charge in [-0.2, -0.15) is 0 Å². The molecule has 1 aliphatic heterocycles. The largest absolute Gasteiger partial charge is 0.494 e. The summed E-state index contributed by atoms with van der Waals surface area (Å²) in [6.07, 6.45) is 8.75. The standard InChI is InChI=1S/C25H21N3O/c1-29-25-16-23(21-7-4-11-26-21)28-24(25)15-22-20(10-12-27-22)14-17-8-9-18-5-2-3-6-19(18)13-17/h2-13,15-16,26,28H,14H2,1H3/b22-15-. The fourth-order valence-electron chi connectivity index (χ4n) is 3.73. The molecule has 0 unspecified atom stereocenters. The molecule has 4 nitrogen and oxygen atoms in total. The van der Waals surface area contributed by atoms with Crippen LogP contribution < -0.4 is 4.74 Å². The SMILES string of the molecule is COc1cc(-c2ccc[nH]2)[nH]c1/C=C1\N=CC=C1Cc1ccc2ccccc2c1. The average Bonchev–Trinajstić information content (AvgIpc) is 3.50. The molecule has 0 atom stereocenters. The molecule has 0 amide bonds. The summed E-state index contributed by atoms with van der Waals surface area (Å²) in [5, 5.41) is 2.52. The number of methoxy groups -OCH3 is 1. The maximum atomic E-state index is 5.58. The summed E-state index contributed by atoms with van der Waals surface area (Å²) in [5.41, 5.74) is 6.35. The van der Waals surface area contributed by atoms with Crippen molar-refractivity contribution in [1.82, 2.24) is 9.97 Å². The number of aromatic nitrogens is 2. The van der Waals surface area contributed by atoms with E-state index in [0.29, 0.717) is 0 Å². The van der Waals surface area contributed by atoms with Crippen molar-refractivity contribution in [2.75, 3.05) is 7.11 Å². The third-order valence-electron chi connectivity index (χ3n) is 5.23. The molecule has 2 N–H and O–H groups in total. The molecule has 0 radical (unpaired) electrons. The van der Waals surface area contributed by atoms with E-state index >= 15 is 0 Å². The first-order valence-electron chi connectivity index (χ1n) is 9.64. The zero-order chi connectivity index (χ0) is 19.6. The van der Waals surface area contributed by atoms with Gasteiger partial charge in [0.2, 0.25) is 0 Å². The second-order valence-corrected chi connectivity index (χ2v) is 7.11. The lowest BCUT2D eigenvalue weighted by Crippen LogP contribution is -1.92. The lowest BCUT2D eigenvalue weighted by atomic mass is 10.00. The van der Waals surface area contributed by atoms with Crippen LogP contribution in [0.2, 0.25) is 0 Å². The second-order valence-electron chi connectivity index (χ2n) is 7.11. The van der Waals surface area contributed by atoms with E-state index in [1.807, 2.05) is 30.6 Å². The predicted molar refractivity (Wildman–Crippen MR) is 119 cm³/mol. The number of allylic oxidation sites excluding steroid dienone is 2. The highest BCUT2D eigenvalue weighted by Gasteiger charge is 2.14. The normalized spacial score (nSPS) is 14.7. The number of benzene rings is 2. The van der Waals surface area contributed by atoms with E-state index in [2.05, 4.69) is 69.6 Å². The van der Waals surface area contributed by atoms with Gasteiger partial charge in [-0.25, -0.2) is 0 Å². The highest BCUT2D eigenvalue weighted by atomic mass is 16.5. The summed E-state index contributed by atoms with van der Waals surface area (Å²) in [7, 11) is 1.69. The van der Waals surface area contributed by atoms with E-state index in [1.165, 1.54) is 21.9 Å². The monoisotopic (exact) mass is 379 g/mol. The van der Waals surface area contributed by atoms with E-state index < -0.39 is 0 Å². The first-order valence-corrected chi connectivity index (χ1v) is 9.64. The Labute approximate surface area is 169 Å². The maximum Gasteiger partial charge on any atom is 0.144 e. The van der Waals surface area contributed by atoms with Gasteiger partial charge in [0, 0.05) is 18.5 Å². The van der Waals surface area contributed by atoms with E-state index in [9.17, 15) is 0 Å². The lowest BCUT2D eigenvalue weighted by Gasteiger charge is -2.07. The molecule has 0 saturated heterocycles. The van der Waals surface area contributed by atoms with Gasteiger partial charge in [-0.15, -0.1) is 0 Å². The zero-order valence-corrected chi connectivity index (χ0v) is 16.1. The number of nitrogens with zero attached hydrogens (tertiary/aromatic N) is 1. The van der Waals surface area contributed by atoms with Gasteiger partial charge in [0.1, 0.15) is 5.75 Å². The van der Waals surface area contributed by atoms with E-state index in [4.69, 9.17) is 4.74 Å². The van der Waals surface area contributed by atoms with Crippen molar-refractivity contribution in [2.24, 2.45) is 4.99 Å². The number of nitrogens with one attached hydrogen (secondary N) is 2. The molecular formula is C25H21N3O. The number of hydrogen-bond acceptors (Lipinski definition) is 2. The van der Waals surface area contributed by atoms with Crippen LogP contribution in [0.5, 0.6) is 5.75 Å². The molecule has 1 aliphatic rings. The van der Waals surface area contributed by atoms with Crippen LogP contribution in [-0.2, 0) is 6.42 Å². The van der Waals surface area contributed by atoms with Gasteiger partial charge < -0.3 is 14.7 Å². The van der Waals surface area contributed by atoms with Gasteiger partial charge in [-0.05, 0) is 52.6 Å². The van der Waals surface area contributed by atoms with E-state index in [0.717, 1.165) is 34.9 Å².